The number of hydrogen-bond donors (Lipinski definition) is 0. The Kier molecular flexibility index (Phi) is 5.54. The van der Waals surface area contributed by atoms with Gasteiger partial charge in [0.15, 0.2) is 0 Å². The molecule has 2 saturated heterocycles. The average Bonchev–Trinajstić information content (AvgIpc) is 2.81. The van der Waals surface area contributed by atoms with Crippen LogP contribution in [0.3, 0.4) is 0 Å². The zero-order valence-electron chi connectivity index (χ0n) is 12.3. The smallest absolute Gasteiger partial charge is 0.226 e. The van der Waals surface area contributed by atoms with Crippen molar-refractivity contribution in [1.29, 1.82) is 0 Å². The lowest BCUT2D eigenvalue weighted by atomic mass is 10.0. The first-order valence-electron chi connectivity index (χ1n) is 7.23. The summed E-state index contributed by atoms with van der Waals surface area (Å²) in [5.41, 5.74) is 0. The highest BCUT2D eigenvalue weighted by Gasteiger charge is 2.37. The molecular weight excluding hydrogens is 260 g/mol. The SMILES string of the molecule is CSCC(C)C(=O)N1CC(C)C(N2CCOCC2)C1. The lowest BCUT2D eigenvalue weighted by Crippen LogP contribution is -2.47. The van der Waals surface area contributed by atoms with Crippen LogP contribution >= 0.6 is 11.8 Å². The number of morpholine rings is 1. The van der Waals surface area contributed by atoms with E-state index in [0.717, 1.165) is 45.1 Å². The topological polar surface area (TPSA) is 32.8 Å². The minimum absolute atomic E-state index is 0.144. The molecule has 0 saturated carbocycles. The van der Waals surface area contributed by atoms with Crippen molar-refractivity contribution in [3.05, 3.63) is 0 Å². The molecule has 19 heavy (non-hydrogen) atoms. The fourth-order valence-corrected chi connectivity index (χ4v) is 3.79. The Labute approximate surface area is 120 Å². The van der Waals surface area contributed by atoms with E-state index >= 15 is 0 Å². The maximum absolute atomic E-state index is 12.4. The van der Waals surface area contributed by atoms with Crippen LogP contribution in [0.25, 0.3) is 0 Å². The van der Waals surface area contributed by atoms with Gasteiger partial charge in [-0.3, -0.25) is 9.69 Å². The van der Waals surface area contributed by atoms with Crippen molar-refractivity contribution in [2.24, 2.45) is 11.8 Å². The van der Waals surface area contributed by atoms with E-state index in [9.17, 15) is 4.79 Å². The molecule has 0 aromatic heterocycles. The minimum atomic E-state index is 0.144. The van der Waals surface area contributed by atoms with Crippen LogP contribution < -0.4 is 0 Å². The molecule has 4 nitrogen and oxygen atoms in total. The van der Waals surface area contributed by atoms with Gasteiger partial charge in [0.2, 0.25) is 5.91 Å². The van der Waals surface area contributed by atoms with Crippen molar-refractivity contribution < 1.29 is 9.53 Å². The van der Waals surface area contributed by atoms with Crippen LogP contribution in [-0.2, 0) is 9.53 Å². The number of rotatable bonds is 4. The number of carbonyl (C=O) groups excluding carboxylic acids is 1. The third kappa shape index (κ3) is 3.64. The van der Waals surface area contributed by atoms with Crippen LogP contribution in [0.2, 0.25) is 0 Å². The molecule has 0 aliphatic carbocycles. The number of thioether (sulfide) groups is 1. The number of likely N-dealkylation sites (tertiary alicyclic amines) is 1. The number of nitrogens with zero attached hydrogens (tertiary/aromatic N) is 2. The van der Waals surface area contributed by atoms with Gasteiger partial charge < -0.3 is 9.64 Å². The Morgan fingerprint density at radius 1 is 1.37 bits per heavy atom. The summed E-state index contributed by atoms with van der Waals surface area (Å²) in [4.78, 5) is 17.0. The summed E-state index contributed by atoms with van der Waals surface area (Å²) >= 11 is 1.75. The molecule has 2 rings (SSSR count). The summed E-state index contributed by atoms with van der Waals surface area (Å²) in [5, 5.41) is 0. The van der Waals surface area contributed by atoms with Gasteiger partial charge in [0.05, 0.1) is 13.2 Å². The van der Waals surface area contributed by atoms with E-state index < -0.39 is 0 Å². The van der Waals surface area contributed by atoms with Crippen LogP contribution in [0.1, 0.15) is 13.8 Å². The quantitative estimate of drug-likeness (QED) is 0.776. The molecule has 2 heterocycles. The largest absolute Gasteiger partial charge is 0.379 e. The van der Waals surface area contributed by atoms with Crippen molar-refractivity contribution in [1.82, 2.24) is 9.80 Å². The molecule has 0 aromatic carbocycles. The summed E-state index contributed by atoms with van der Waals surface area (Å²) in [6.45, 7) is 9.82. The highest BCUT2D eigenvalue weighted by Crippen LogP contribution is 2.24. The molecule has 1 amide bonds. The Morgan fingerprint density at radius 2 is 2.05 bits per heavy atom. The molecule has 0 radical (unpaired) electrons. The van der Waals surface area contributed by atoms with E-state index in [1.54, 1.807) is 11.8 Å². The Bertz CT molecular complexity index is 308. The third-order valence-corrected chi connectivity index (χ3v) is 5.07. The van der Waals surface area contributed by atoms with Gasteiger partial charge in [0.25, 0.3) is 0 Å². The lowest BCUT2D eigenvalue weighted by molar-refractivity contribution is -0.133. The normalized spacial score (nSPS) is 30.6. The fraction of sp³-hybridized carbons (Fsp3) is 0.929. The van der Waals surface area contributed by atoms with Crippen LogP contribution in [0.5, 0.6) is 0 Å². The van der Waals surface area contributed by atoms with Gasteiger partial charge in [-0.15, -0.1) is 0 Å². The van der Waals surface area contributed by atoms with Crippen LogP contribution in [0.15, 0.2) is 0 Å². The number of ether oxygens (including phenoxy) is 1. The van der Waals surface area contributed by atoms with Crippen LogP contribution in [0, 0.1) is 11.8 Å². The van der Waals surface area contributed by atoms with E-state index in [4.69, 9.17) is 4.74 Å². The van der Waals surface area contributed by atoms with Gasteiger partial charge in [-0.25, -0.2) is 0 Å². The molecule has 3 atom stereocenters. The molecule has 0 bridgehead atoms. The van der Waals surface area contributed by atoms with Gasteiger partial charge in [0, 0.05) is 43.9 Å². The zero-order valence-corrected chi connectivity index (χ0v) is 13.1. The molecule has 0 N–H and O–H groups in total. The molecular formula is C14H26N2O2S. The van der Waals surface area contributed by atoms with E-state index in [2.05, 4.69) is 23.0 Å². The first-order chi connectivity index (χ1) is 9.13. The van der Waals surface area contributed by atoms with Crippen LogP contribution in [-0.4, -0.2) is 73.2 Å². The highest BCUT2D eigenvalue weighted by molar-refractivity contribution is 7.98. The predicted molar refractivity (Wildman–Crippen MR) is 79.5 cm³/mol. The van der Waals surface area contributed by atoms with E-state index in [-0.39, 0.29) is 5.92 Å². The average molecular weight is 286 g/mol. The summed E-state index contributed by atoms with van der Waals surface area (Å²) < 4.78 is 5.41. The second-order valence-corrected chi connectivity index (χ2v) is 6.70. The van der Waals surface area contributed by atoms with Gasteiger partial charge in [0.1, 0.15) is 0 Å². The third-order valence-electron chi connectivity index (χ3n) is 4.24. The minimum Gasteiger partial charge on any atom is -0.379 e. The predicted octanol–water partition coefficient (Wildman–Crippen LogP) is 1.16. The summed E-state index contributed by atoms with van der Waals surface area (Å²) in [6, 6.07) is 0.523. The van der Waals surface area contributed by atoms with Crippen molar-refractivity contribution in [2.75, 3.05) is 51.4 Å². The monoisotopic (exact) mass is 286 g/mol. The molecule has 3 unspecified atom stereocenters. The second kappa shape index (κ2) is 6.95. The number of hydrogen-bond acceptors (Lipinski definition) is 4. The maximum Gasteiger partial charge on any atom is 0.226 e. The zero-order chi connectivity index (χ0) is 13.8. The van der Waals surface area contributed by atoms with E-state index in [1.807, 2.05) is 6.92 Å². The molecule has 2 fully saturated rings. The molecule has 0 spiro atoms. The molecule has 5 heteroatoms. The second-order valence-electron chi connectivity index (χ2n) is 5.79. The molecule has 2 aliphatic rings. The maximum atomic E-state index is 12.4. The lowest BCUT2D eigenvalue weighted by Gasteiger charge is -2.34. The molecule has 110 valence electrons. The Hall–Kier alpha value is -0.260. The van der Waals surface area contributed by atoms with Crippen molar-refractivity contribution in [2.45, 2.75) is 19.9 Å². The number of carbonyl (C=O) groups is 1. The van der Waals surface area contributed by atoms with Gasteiger partial charge in [-0.2, -0.15) is 11.8 Å². The summed E-state index contributed by atoms with van der Waals surface area (Å²) in [6.07, 6.45) is 2.06. The van der Waals surface area contributed by atoms with Gasteiger partial charge >= 0.3 is 0 Å². The van der Waals surface area contributed by atoms with Gasteiger partial charge in [-0.1, -0.05) is 13.8 Å². The Morgan fingerprint density at radius 3 is 2.68 bits per heavy atom. The van der Waals surface area contributed by atoms with Gasteiger partial charge in [-0.05, 0) is 12.2 Å². The Balaban J connectivity index is 1.90. The van der Waals surface area contributed by atoms with E-state index in [0.29, 0.717) is 17.9 Å². The summed E-state index contributed by atoms with van der Waals surface area (Å²) in [7, 11) is 0. The number of amides is 1. The highest BCUT2D eigenvalue weighted by atomic mass is 32.2. The first kappa shape index (κ1) is 15.1. The summed E-state index contributed by atoms with van der Waals surface area (Å²) in [5.74, 6) is 1.97. The molecule has 0 aromatic rings. The standard InChI is InChI=1S/C14H26N2O2S/c1-11-8-16(14(17)12(2)10-19-3)9-13(11)15-4-6-18-7-5-15/h11-13H,4-10H2,1-3H3. The van der Waals surface area contributed by atoms with Crippen LogP contribution in [0.4, 0.5) is 0 Å². The van der Waals surface area contributed by atoms with Crippen molar-refractivity contribution in [3.8, 4) is 0 Å². The first-order valence-corrected chi connectivity index (χ1v) is 8.62. The van der Waals surface area contributed by atoms with E-state index in [1.165, 1.54) is 0 Å². The molecule has 2 aliphatic heterocycles. The fourth-order valence-electron chi connectivity index (χ4n) is 3.15. The van der Waals surface area contributed by atoms with Crippen molar-refractivity contribution in [3.63, 3.8) is 0 Å². The van der Waals surface area contributed by atoms with Crippen molar-refractivity contribution >= 4 is 17.7 Å².